The van der Waals surface area contributed by atoms with Crippen LogP contribution in [0.2, 0.25) is 5.15 Å². The summed E-state index contributed by atoms with van der Waals surface area (Å²) in [6, 6.07) is 2.23. The fourth-order valence-corrected chi connectivity index (χ4v) is 3.05. The van der Waals surface area contributed by atoms with E-state index in [2.05, 4.69) is 41.6 Å². The van der Waals surface area contributed by atoms with Crippen LogP contribution in [-0.2, 0) is 13.0 Å². The van der Waals surface area contributed by atoms with E-state index >= 15 is 0 Å². The van der Waals surface area contributed by atoms with Gasteiger partial charge in [0.2, 0.25) is 0 Å². The van der Waals surface area contributed by atoms with E-state index in [-0.39, 0.29) is 0 Å². The van der Waals surface area contributed by atoms with E-state index in [1.807, 2.05) is 0 Å². The van der Waals surface area contributed by atoms with Crippen molar-refractivity contribution in [3.8, 4) is 6.07 Å². The van der Waals surface area contributed by atoms with Gasteiger partial charge in [-0.15, -0.1) is 0 Å². The minimum Gasteiger partial charge on any atom is -0.357 e. The maximum absolute atomic E-state index is 9.34. The van der Waals surface area contributed by atoms with Gasteiger partial charge in [0.05, 0.1) is 5.56 Å². The lowest BCUT2D eigenvalue weighted by Crippen LogP contribution is -2.34. The molecule has 0 N–H and O–H groups in total. The predicted octanol–water partition coefficient (Wildman–Crippen LogP) is 2.83. The van der Waals surface area contributed by atoms with Gasteiger partial charge in [-0.3, -0.25) is 4.90 Å². The molecule has 0 aromatic carbocycles. The minimum absolute atomic E-state index is 0.345. The molecule has 2 rings (SSSR count). The smallest absolute Gasteiger partial charge is 0.149 e. The van der Waals surface area contributed by atoms with Gasteiger partial charge >= 0.3 is 0 Å². The van der Waals surface area contributed by atoms with E-state index in [9.17, 15) is 5.26 Å². The Balaban J connectivity index is 2.59. The summed E-state index contributed by atoms with van der Waals surface area (Å²) in [4.78, 5) is 9.10. The van der Waals surface area contributed by atoms with Crippen LogP contribution in [0.15, 0.2) is 0 Å². The molecule has 0 radical (unpaired) electrons. The number of nitrogens with zero attached hydrogens (tertiary/aromatic N) is 4. The Hall–Kier alpha value is -1.31. The summed E-state index contributed by atoms with van der Waals surface area (Å²) >= 11 is 6.22. The molecule has 0 saturated carbocycles. The second kappa shape index (κ2) is 6.43. The average molecular weight is 293 g/mol. The van der Waals surface area contributed by atoms with Gasteiger partial charge in [-0.25, -0.2) is 4.98 Å². The zero-order valence-corrected chi connectivity index (χ0v) is 13.2. The van der Waals surface area contributed by atoms with Crippen LogP contribution in [0.4, 0.5) is 5.82 Å². The number of rotatable bonds is 4. The summed E-state index contributed by atoms with van der Waals surface area (Å²) in [5, 5.41) is 9.69. The zero-order chi connectivity index (χ0) is 14.7. The van der Waals surface area contributed by atoms with Crippen LogP contribution in [-0.4, -0.2) is 36.1 Å². The van der Waals surface area contributed by atoms with Crippen molar-refractivity contribution < 1.29 is 0 Å². The summed E-state index contributed by atoms with van der Waals surface area (Å²) < 4.78 is 0. The van der Waals surface area contributed by atoms with Crippen LogP contribution in [0.1, 0.15) is 37.5 Å². The van der Waals surface area contributed by atoms with Crippen molar-refractivity contribution in [2.24, 2.45) is 0 Å². The number of hydrogen-bond acceptors (Lipinski definition) is 4. The number of pyridine rings is 1. The standard InChI is InChI=1S/C15H21ClN4/c1-4-19-8-7-11-12(9-17)14(16)18-15(13(11)10-19)20(5-2)6-3/h4-8,10H2,1-3H3. The molecule has 0 fully saturated rings. The van der Waals surface area contributed by atoms with E-state index in [0.717, 1.165) is 50.5 Å². The predicted molar refractivity (Wildman–Crippen MR) is 82.2 cm³/mol. The SMILES string of the molecule is CCN1CCc2c(C#N)c(Cl)nc(N(CC)CC)c2C1. The Labute approximate surface area is 126 Å². The van der Waals surface area contributed by atoms with E-state index < -0.39 is 0 Å². The molecule has 2 heterocycles. The van der Waals surface area contributed by atoms with Crippen molar-refractivity contribution in [2.75, 3.05) is 31.1 Å². The third kappa shape index (κ3) is 2.61. The lowest BCUT2D eigenvalue weighted by atomic mass is 9.96. The normalized spacial score (nSPS) is 14.8. The molecular formula is C15H21ClN4. The quantitative estimate of drug-likeness (QED) is 0.801. The molecule has 5 heteroatoms. The number of halogens is 1. The molecule has 1 aliphatic heterocycles. The zero-order valence-electron chi connectivity index (χ0n) is 12.4. The number of anilines is 1. The highest BCUT2D eigenvalue weighted by Gasteiger charge is 2.26. The molecule has 0 bridgehead atoms. The van der Waals surface area contributed by atoms with Gasteiger partial charge in [-0.05, 0) is 32.4 Å². The first-order valence-electron chi connectivity index (χ1n) is 7.24. The number of fused-ring (bicyclic) bond motifs is 1. The third-order valence-corrected chi connectivity index (χ3v) is 4.30. The van der Waals surface area contributed by atoms with Crippen LogP contribution in [0.25, 0.3) is 0 Å². The molecular weight excluding hydrogens is 272 g/mol. The molecule has 108 valence electrons. The molecule has 4 nitrogen and oxygen atoms in total. The van der Waals surface area contributed by atoms with E-state index in [0.29, 0.717) is 10.7 Å². The maximum Gasteiger partial charge on any atom is 0.149 e. The summed E-state index contributed by atoms with van der Waals surface area (Å²) in [6.07, 6.45) is 0.878. The third-order valence-electron chi connectivity index (χ3n) is 4.03. The van der Waals surface area contributed by atoms with E-state index in [1.165, 1.54) is 5.56 Å². The summed E-state index contributed by atoms with van der Waals surface area (Å²) in [7, 11) is 0. The Morgan fingerprint density at radius 1 is 1.30 bits per heavy atom. The minimum atomic E-state index is 0.345. The van der Waals surface area contributed by atoms with E-state index in [1.54, 1.807) is 0 Å². The number of nitriles is 1. The van der Waals surface area contributed by atoms with Gasteiger partial charge in [0, 0.05) is 31.7 Å². The first-order valence-corrected chi connectivity index (χ1v) is 7.62. The summed E-state index contributed by atoms with van der Waals surface area (Å²) in [5.41, 5.74) is 2.84. The van der Waals surface area contributed by atoms with Crippen molar-refractivity contribution in [3.63, 3.8) is 0 Å². The van der Waals surface area contributed by atoms with Gasteiger partial charge in [-0.2, -0.15) is 5.26 Å². The second-order valence-corrected chi connectivity index (χ2v) is 5.32. The molecule has 0 aliphatic carbocycles. The molecule has 0 amide bonds. The number of hydrogen-bond donors (Lipinski definition) is 0. The van der Waals surface area contributed by atoms with Crippen LogP contribution in [0.5, 0.6) is 0 Å². The molecule has 0 saturated heterocycles. The van der Waals surface area contributed by atoms with Gasteiger partial charge in [-0.1, -0.05) is 18.5 Å². The molecule has 20 heavy (non-hydrogen) atoms. The molecule has 0 atom stereocenters. The van der Waals surface area contributed by atoms with Gasteiger partial charge < -0.3 is 4.90 Å². The Morgan fingerprint density at radius 3 is 2.55 bits per heavy atom. The van der Waals surface area contributed by atoms with E-state index in [4.69, 9.17) is 11.6 Å². The van der Waals surface area contributed by atoms with Crippen molar-refractivity contribution in [1.29, 1.82) is 5.26 Å². The monoisotopic (exact) mass is 292 g/mol. The number of aromatic nitrogens is 1. The van der Waals surface area contributed by atoms with Gasteiger partial charge in [0.15, 0.2) is 0 Å². The number of likely N-dealkylation sites (N-methyl/N-ethyl adjacent to an activating group) is 1. The van der Waals surface area contributed by atoms with Crippen LogP contribution in [0.3, 0.4) is 0 Å². The van der Waals surface area contributed by atoms with Crippen molar-refractivity contribution in [3.05, 3.63) is 21.8 Å². The molecule has 1 aromatic heterocycles. The first-order chi connectivity index (χ1) is 9.65. The highest BCUT2D eigenvalue weighted by molar-refractivity contribution is 6.30. The maximum atomic E-state index is 9.34. The lowest BCUT2D eigenvalue weighted by Gasteiger charge is -2.32. The molecule has 0 unspecified atom stereocenters. The molecule has 0 spiro atoms. The molecule has 1 aromatic rings. The highest BCUT2D eigenvalue weighted by atomic mass is 35.5. The van der Waals surface area contributed by atoms with Crippen LogP contribution >= 0.6 is 11.6 Å². The summed E-state index contributed by atoms with van der Waals surface area (Å²) in [6.45, 7) is 11.0. The Kier molecular flexibility index (Phi) is 4.85. The van der Waals surface area contributed by atoms with Crippen molar-refractivity contribution in [1.82, 2.24) is 9.88 Å². The largest absolute Gasteiger partial charge is 0.357 e. The fraction of sp³-hybridized carbons (Fsp3) is 0.600. The van der Waals surface area contributed by atoms with Crippen molar-refractivity contribution in [2.45, 2.75) is 33.7 Å². The molecule has 1 aliphatic rings. The summed E-state index contributed by atoms with van der Waals surface area (Å²) in [5.74, 6) is 0.951. The Bertz CT molecular complexity index is 532. The Morgan fingerprint density at radius 2 is 2.00 bits per heavy atom. The fourth-order valence-electron chi connectivity index (χ4n) is 2.81. The topological polar surface area (TPSA) is 43.2 Å². The second-order valence-electron chi connectivity index (χ2n) is 4.96. The highest BCUT2D eigenvalue weighted by Crippen LogP contribution is 2.33. The lowest BCUT2D eigenvalue weighted by molar-refractivity contribution is 0.267. The van der Waals surface area contributed by atoms with Crippen LogP contribution in [0, 0.1) is 11.3 Å². The average Bonchev–Trinajstić information content (AvgIpc) is 2.48. The van der Waals surface area contributed by atoms with Gasteiger partial charge in [0.25, 0.3) is 0 Å². The van der Waals surface area contributed by atoms with Crippen LogP contribution < -0.4 is 4.90 Å². The van der Waals surface area contributed by atoms with Gasteiger partial charge in [0.1, 0.15) is 17.0 Å². The van der Waals surface area contributed by atoms with Crippen molar-refractivity contribution >= 4 is 17.4 Å². The first kappa shape index (κ1) is 15.1.